The lowest BCUT2D eigenvalue weighted by Crippen LogP contribution is -2.34. The fourth-order valence-corrected chi connectivity index (χ4v) is 4.68. The van der Waals surface area contributed by atoms with Gasteiger partial charge in [0.25, 0.3) is 0 Å². The molecule has 9 nitrogen and oxygen atoms in total. The molecule has 1 aromatic heterocycles. The molecule has 192 valence electrons. The van der Waals surface area contributed by atoms with E-state index in [0.29, 0.717) is 35.9 Å². The van der Waals surface area contributed by atoms with Crippen molar-refractivity contribution in [3.05, 3.63) is 83.5 Å². The second-order valence-electron chi connectivity index (χ2n) is 9.79. The molecule has 2 aliphatic heterocycles. The van der Waals surface area contributed by atoms with E-state index in [2.05, 4.69) is 32.4 Å². The molecule has 0 bridgehead atoms. The van der Waals surface area contributed by atoms with Crippen molar-refractivity contribution in [2.45, 2.75) is 38.5 Å². The Hall–Kier alpha value is -4.11. The zero-order chi connectivity index (χ0) is 26.1. The number of hydrogen-bond donors (Lipinski definition) is 3. The highest BCUT2D eigenvalue weighted by molar-refractivity contribution is 5.93. The van der Waals surface area contributed by atoms with E-state index in [1.54, 1.807) is 12.3 Å². The summed E-state index contributed by atoms with van der Waals surface area (Å²) in [5.74, 6) is 2.61. The van der Waals surface area contributed by atoms with Crippen LogP contribution < -0.4 is 20.7 Å². The van der Waals surface area contributed by atoms with Gasteiger partial charge >= 0.3 is 6.03 Å². The number of rotatable bonds is 7. The lowest BCUT2D eigenvalue weighted by molar-refractivity contribution is -0.116. The first-order valence-electron chi connectivity index (χ1n) is 12.3. The highest BCUT2D eigenvalue weighted by Crippen LogP contribution is 2.50. The van der Waals surface area contributed by atoms with Gasteiger partial charge in [0.2, 0.25) is 5.91 Å². The fraction of sp³-hybridized carbons (Fsp3) is 0.321. The van der Waals surface area contributed by atoms with Crippen LogP contribution in [-0.4, -0.2) is 48.1 Å². The van der Waals surface area contributed by atoms with E-state index in [0.717, 1.165) is 23.4 Å². The molecule has 0 spiro atoms. The molecular weight excluding hydrogens is 470 g/mol. The SMILES string of the molecule is C=C1/C(=C\C=C(/C)Oc2ccnc3c2CCC(=O)N3)O[C@@H]2[C@@H](NC(=O)Nc3ccc(CN(C)C)cc3)[C@H]12. The highest BCUT2D eigenvalue weighted by Gasteiger charge is 2.60. The Labute approximate surface area is 216 Å². The Bertz CT molecular complexity index is 1300. The minimum Gasteiger partial charge on any atom is -0.487 e. The number of nitrogens with zero attached hydrogens (tertiary/aromatic N) is 2. The monoisotopic (exact) mass is 501 g/mol. The molecule has 9 heteroatoms. The molecule has 0 radical (unpaired) electrons. The zero-order valence-corrected chi connectivity index (χ0v) is 21.2. The zero-order valence-electron chi connectivity index (χ0n) is 21.2. The van der Waals surface area contributed by atoms with Crippen LogP contribution in [0, 0.1) is 5.92 Å². The number of anilines is 2. The number of aromatic nitrogens is 1. The average molecular weight is 502 g/mol. The maximum absolute atomic E-state index is 12.5. The van der Waals surface area contributed by atoms with Crippen LogP contribution in [0.25, 0.3) is 0 Å². The molecule has 37 heavy (non-hydrogen) atoms. The molecule has 3 aliphatic rings. The van der Waals surface area contributed by atoms with Crippen LogP contribution >= 0.6 is 0 Å². The summed E-state index contributed by atoms with van der Waals surface area (Å²) in [4.78, 5) is 30.4. The Morgan fingerprint density at radius 3 is 2.76 bits per heavy atom. The minimum absolute atomic E-state index is 0.0378. The quantitative estimate of drug-likeness (QED) is 0.496. The van der Waals surface area contributed by atoms with Crippen molar-refractivity contribution in [1.82, 2.24) is 15.2 Å². The average Bonchev–Trinajstić information content (AvgIpc) is 3.41. The molecule has 2 aromatic rings. The van der Waals surface area contributed by atoms with Gasteiger partial charge in [0.05, 0.1) is 12.0 Å². The van der Waals surface area contributed by atoms with E-state index in [1.165, 1.54) is 5.56 Å². The van der Waals surface area contributed by atoms with Gasteiger partial charge in [0.1, 0.15) is 29.2 Å². The molecule has 1 aromatic carbocycles. The molecule has 1 aliphatic carbocycles. The number of amides is 3. The van der Waals surface area contributed by atoms with Gasteiger partial charge < -0.3 is 30.3 Å². The van der Waals surface area contributed by atoms with Crippen molar-refractivity contribution >= 4 is 23.4 Å². The van der Waals surface area contributed by atoms with Crippen LogP contribution in [0.4, 0.5) is 16.3 Å². The van der Waals surface area contributed by atoms with Crippen molar-refractivity contribution in [2.24, 2.45) is 5.92 Å². The van der Waals surface area contributed by atoms with Gasteiger partial charge in [-0.3, -0.25) is 4.79 Å². The third-order valence-electron chi connectivity index (χ3n) is 6.56. The Kier molecular flexibility index (Phi) is 6.71. The number of ether oxygens (including phenoxy) is 2. The lowest BCUT2D eigenvalue weighted by atomic mass is 10.1. The topological polar surface area (TPSA) is 105 Å². The molecule has 3 amide bonds. The van der Waals surface area contributed by atoms with Crippen LogP contribution in [0.2, 0.25) is 0 Å². The van der Waals surface area contributed by atoms with E-state index in [9.17, 15) is 9.59 Å². The summed E-state index contributed by atoms with van der Waals surface area (Å²) in [6.07, 6.45) is 6.17. The first-order chi connectivity index (χ1) is 17.8. The normalized spacial score (nSPS) is 23.2. The number of fused-ring (bicyclic) bond motifs is 2. The lowest BCUT2D eigenvalue weighted by Gasteiger charge is -2.18. The molecule has 1 saturated carbocycles. The number of nitrogens with one attached hydrogen (secondary N) is 3. The standard InChI is InChI=1S/C28H31N5O4/c1-16(36-22-13-14-29-27-20(22)10-12-23(34)31-27)5-11-21-17(2)24-25(26(24)37-21)32-28(35)30-19-8-6-18(7-9-19)15-33(3)4/h5-9,11,13-14,24-26H,2,10,12,15H2,1,3-4H3,(H,29,31,34)(H2,30,32,35)/b16-5+,21-11+/t24-,25-,26-/m0/s1. The molecule has 3 N–H and O–H groups in total. The largest absolute Gasteiger partial charge is 0.487 e. The summed E-state index contributed by atoms with van der Waals surface area (Å²) in [6.45, 7) is 6.87. The van der Waals surface area contributed by atoms with Crippen LogP contribution in [0.3, 0.4) is 0 Å². The number of pyridine rings is 1. The van der Waals surface area contributed by atoms with Gasteiger partial charge in [-0.05, 0) is 68.9 Å². The molecule has 5 rings (SSSR count). The molecule has 3 heterocycles. The number of benzene rings is 1. The van der Waals surface area contributed by atoms with Crippen LogP contribution in [-0.2, 0) is 22.5 Å². The Morgan fingerprint density at radius 1 is 1.27 bits per heavy atom. The van der Waals surface area contributed by atoms with Crippen molar-refractivity contribution in [1.29, 1.82) is 0 Å². The number of carbonyl (C=O) groups is 2. The minimum atomic E-state index is -0.261. The summed E-state index contributed by atoms with van der Waals surface area (Å²) in [7, 11) is 4.04. The van der Waals surface area contributed by atoms with Crippen molar-refractivity contribution in [3.8, 4) is 5.75 Å². The van der Waals surface area contributed by atoms with Gasteiger partial charge in [-0.25, -0.2) is 9.78 Å². The molecule has 3 atom stereocenters. The predicted octanol–water partition coefficient (Wildman–Crippen LogP) is 3.97. The summed E-state index contributed by atoms with van der Waals surface area (Å²) >= 11 is 0. The fourth-order valence-electron chi connectivity index (χ4n) is 4.68. The summed E-state index contributed by atoms with van der Waals surface area (Å²) < 4.78 is 12.0. The number of allylic oxidation sites excluding steroid dienone is 4. The molecule has 0 unspecified atom stereocenters. The molecular formula is C28H31N5O4. The molecule has 1 saturated heterocycles. The van der Waals surface area contributed by atoms with E-state index >= 15 is 0 Å². The van der Waals surface area contributed by atoms with Crippen molar-refractivity contribution in [2.75, 3.05) is 24.7 Å². The van der Waals surface area contributed by atoms with E-state index < -0.39 is 0 Å². The number of hydrogen-bond acceptors (Lipinski definition) is 6. The first kappa shape index (κ1) is 24.6. The summed E-state index contributed by atoms with van der Waals surface area (Å²) in [5.41, 5.74) is 3.67. The van der Waals surface area contributed by atoms with Crippen molar-refractivity contribution in [3.63, 3.8) is 0 Å². The third kappa shape index (κ3) is 5.51. The summed E-state index contributed by atoms with van der Waals surface area (Å²) in [5, 5.41) is 8.64. The van der Waals surface area contributed by atoms with Gasteiger partial charge in [-0.1, -0.05) is 18.7 Å². The third-order valence-corrected chi connectivity index (χ3v) is 6.56. The van der Waals surface area contributed by atoms with E-state index in [-0.39, 0.29) is 30.0 Å². The smallest absolute Gasteiger partial charge is 0.319 e. The second-order valence-corrected chi connectivity index (χ2v) is 9.79. The second kappa shape index (κ2) is 10.1. The van der Waals surface area contributed by atoms with Gasteiger partial charge in [0.15, 0.2) is 0 Å². The maximum Gasteiger partial charge on any atom is 0.319 e. The number of carbonyl (C=O) groups excluding carboxylic acids is 2. The molecule has 2 fully saturated rings. The van der Waals surface area contributed by atoms with E-state index in [1.807, 2.05) is 57.4 Å². The van der Waals surface area contributed by atoms with Crippen LogP contribution in [0.15, 0.2) is 72.4 Å². The van der Waals surface area contributed by atoms with Gasteiger partial charge in [-0.2, -0.15) is 0 Å². The van der Waals surface area contributed by atoms with E-state index in [4.69, 9.17) is 9.47 Å². The van der Waals surface area contributed by atoms with Crippen molar-refractivity contribution < 1.29 is 19.1 Å². The van der Waals surface area contributed by atoms with Gasteiger partial charge in [-0.15, -0.1) is 0 Å². The van der Waals surface area contributed by atoms with Crippen LogP contribution in [0.5, 0.6) is 5.75 Å². The maximum atomic E-state index is 12.5. The predicted molar refractivity (Wildman–Crippen MR) is 141 cm³/mol. The summed E-state index contributed by atoms with van der Waals surface area (Å²) in [6, 6.07) is 9.24. The van der Waals surface area contributed by atoms with Crippen LogP contribution in [0.1, 0.15) is 24.5 Å². The number of urea groups is 1. The van der Waals surface area contributed by atoms with Gasteiger partial charge in [0, 0.05) is 30.4 Å². The highest BCUT2D eigenvalue weighted by atomic mass is 16.5. The Morgan fingerprint density at radius 2 is 2.05 bits per heavy atom. The first-order valence-corrected chi connectivity index (χ1v) is 12.3. The Balaban J connectivity index is 1.13.